The van der Waals surface area contributed by atoms with Gasteiger partial charge in [-0.05, 0) is 12.8 Å². The van der Waals surface area contributed by atoms with E-state index in [4.69, 9.17) is 5.73 Å². The van der Waals surface area contributed by atoms with Crippen molar-refractivity contribution in [3.63, 3.8) is 0 Å². The maximum atomic E-state index is 10.2. The van der Waals surface area contributed by atoms with Crippen molar-refractivity contribution in [3.05, 3.63) is 11.4 Å². The number of allylic oxidation sites excluding steroid dienone is 1. The Morgan fingerprint density at radius 3 is 3.00 bits per heavy atom. The summed E-state index contributed by atoms with van der Waals surface area (Å²) >= 11 is 0. The number of nitrogens with zero attached hydrogens (tertiary/aromatic N) is 1. The zero-order valence-electron chi connectivity index (χ0n) is 5.00. The number of nitrogens with two attached hydrogens (primary N) is 1. The molecule has 1 aliphatic heterocycles. The number of aliphatic imine (C=N–C) groups is 1. The third-order valence-corrected chi connectivity index (χ3v) is 1.24. The molecule has 9 heavy (non-hydrogen) atoms. The summed E-state index contributed by atoms with van der Waals surface area (Å²) in [4.78, 5) is 13.9. The number of hydrogen-bond donors (Lipinski definition) is 1. The van der Waals surface area contributed by atoms with E-state index in [1.807, 2.05) is 0 Å². The molecule has 0 unspecified atom stereocenters. The summed E-state index contributed by atoms with van der Waals surface area (Å²) in [7, 11) is 0. The summed E-state index contributed by atoms with van der Waals surface area (Å²) in [6, 6.07) is 0. The number of carbonyl (C=O) groups excluding carboxylic acids is 1. The van der Waals surface area contributed by atoms with Crippen LogP contribution in [0.5, 0.6) is 0 Å². The normalized spacial score (nSPS) is 18.2. The van der Waals surface area contributed by atoms with E-state index in [0.29, 0.717) is 11.4 Å². The highest BCUT2D eigenvalue weighted by molar-refractivity contribution is 5.78. The van der Waals surface area contributed by atoms with Crippen LogP contribution in [0.1, 0.15) is 12.8 Å². The molecule has 0 aromatic heterocycles. The maximum absolute atomic E-state index is 10.2. The van der Waals surface area contributed by atoms with Gasteiger partial charge < -0.3 is 5.73 Å². The minimum absolute atomic E-state index is 0.372. The molecule has 0 saturated carbocycles. The third kappa shape index (κ3) is 1.16. The van der Waals surface area contributed by atoms with Crippen molar-refractivity contribution in [2.24, 2.45) is 10.7 Å². The van der Waals surface area contributed by atoms with Crippen LogP contribution in [0.2, 0.25) is 0 Å². The predicted octanol–water partition coefficient (Wildman–Crippen LogP) is 0.220. The highest BCUT2D eigenvalue weighted by Crippen LogP contribution is 2.09. The average molecular weight is 124 g/mol. The van der Waals surface area contributed by atoms with Gasteiger partial charge in [-0.2, -0.15) is 0 Å². The van der Waals surface area contributed by atoms with Crippen molar-refractivity contribution in [3.8, 4) is 0 Å². The molecule has 1 heterocycles. The molecule has 0 bridgehead atoms. The van der Waals surface area contributed by atoms with Crippen LogP contribution in [-0.2, 0) is 4.79 Å². The first kappa shape index (κ1) is 6.01. The van der Waals surface area contributed by atoms with E-state index < -0.39 is 0 Å². The molecule has 3 heteroatoms. The van der Waals surface area contributed by atoms with Gasteiger partial charge in [-0.15, -0.1) is 0 Å². The number of rotatable bonds is 1. The Bertz CT molecular complexity index is 181. The average Bonchev–Trinajstić information content (AvgIpc) is 1.89. The molecule has 0 aliphatic carbocycles. The summed E-state index contributed by atoms with van der Waals surface area (Å²) in [5.41, 5.74) is 5.96. The Labute approximate surface area is 53.3 Å². The highest BCUT2D eigenvalue weighted by Gasteiger charge is 2.03. The second-order valence-corrected chi connectivity index (χ2v) is 1.88. The number of carbonyl (C=O) groups is 1. The number of aldehydes is 1. The van der Waals surface area contributed by atoms with E-state index in [-0.39, 0.29) is 0 Å². The lowest BCUT2D eigenvalue weighted by molar-refractivity contribution is -0.105. The van der Waals surface area contributed by atoms with Crippen LogP contribution in [0.25, 0.3) is 0 Å². The molecule has 3 nitrogen and oxygen atoms in total. The fourth-order valence-electron chi connectivity index (χ4n) is 0.713. The molecule has 0 saturated heterocycles. The van der Waals surface area contributed by atoms with Crippen molar-refractivity contribution in [2.45, 2.75) is 12.8 Å². The largest absolute Gasteiger partial charge is 0.383 e. The Morgan fingerprint density at radius 2 is 2.56 bits per heavy atom. The molecule has 48 valence electrons. The van der Waals surface area contributed by atoms with E-state index in [9.17, 15) is 4.79 Å². The zero-order valence-corrected chi connectivity index (χ0v) is 5.00. The van der Waals surface area contributed by atoms with Crippen LogP contribution in [-0.4, -0.2) is 12.5 Å². The third-order valence-electron chi connectivity index (χ3n) is 1.24. The smallest absolute Gasteiger partial charge is 0.149 e. The monoisotopic (exact) mass is 124 g/mol. The van der Waals surface area contributed by atoms with Gasteiger partial charge >= 0.3 is 0 Å². The van der Waals surface area contributed by atoms with E-state index >= 15 is 0 Å². The molecule has 0 spiro atoms. The van der Waals surface area contributed by atoms with Gasteiger partial charge in [0.2, 0.25) is 0 Å². The highest BCUT2D eigenvalue weighted by atomic mass is 16.1. The Balaban J connectivity index is 2.84. The van der Waals surface area contributed by atoms with Crippen LogP contribution < -0.4 is 5.73 Å². The molecule has 0 aromatic rings. The quantitative estimate of drug-likeness (QED) is 0.508. The first-order valence-corrected chi connectivity index (χ1v) is 2.81. The molecule has 1 aliphatic rings. The molecule has 0 radical (unpaired) electrons. The van der Waals surface area contributed by atoms with Gasteiger partial charge in [0.15, 0.2) is 0 Å². The first-order chi connectivity index (χ1) is 4.34. The van der Waals surface area contributed by atoms with Gasteiger partial charge in [0.1, 0.15) is 12.1 Å². The van der Waals surface area contributed by atoms with Crippen LogP contribution in [0, 0.1) is 0 Å². The standard InChI is InChI=1S/C6H8N2O/c7-6-5(4-9)2-1-3-8-6/h3-4H,1-2,7H2. The lowest BCUT2D eigenvalue weighted by atomic mass is 10.1. The topological polar surface area (TPSA) is 55.5 Å². The molecule has 0 amide bonds. The zero-order chi connectivity index (χ0) is 6.69. The van der Waals surface area contributed by atoms with Gasteiger partial charge in [-0.3, -0.25) is 4.79 Å². The molecule has 0 fully saturated rings. The Kier molecular flexibility index (Phi) is 1.63. The van der Waals surface area contributed by atoms with Crippen LogP contribution in [0.4, 0.5) is 0 Å². The fourth-order valence-corrected chi connectivity index (χ4v) is 0.713. The molecule has 1 rings (SSSR count). The van der Waals surface area contributed by atoms with Crippen molar-refractivity contribution in [2.75, 3.05) is 0 Å². The second kappa shape index (κ2) is 2.44. The van der Waals surface area contributed by atoms with E-state index in [0.717, 1.165) is 19.1 Å². The lowest BCUT2D eigenvalue weighted by Gasteiger charge is -2.03. The number of hydrogen-bond acceptors (Lipinski definition) is 3. The predicted molar refractivity (Wildman–Crippen MR) is 35.0 cm³/mol. The van der Waals surface area contributed by atoms with Gasteiger partial charge in [0.25, 0.3) is 0 Å². The Hall–Kier alpha value is -1.12. The van der Waals surface area contributed by atoms with Gasteiger partial charge in [0, 0.05) is 11.8 Å². The van der Waals surface area contributed by atoms with Crippen molar-refractivity contribution in [1.29, 1.82) is 0 Å². The fraction of sp³-hybridized carbons (Fsp3) is 0.333. The van der Waals surface area contributed by atoms with E-state index in [1.54, 1.807) is 6.21 Å². The lowest BCUT2D eigenvalue weighted by Crippen LogP contribution is -2.05. The van der Waals surface area contributed by atoms with Crippen molar-refractivity contribution >= 4 is 12.5 Å². The SMILES string of the molecule is NC1=C(C=O)CCC=N1. The van der Waals surface area contributed by atoms with Crippen LogP contribution in [0.15, 0.2) is 16.4 Å². The van der Waals surface area contributed by atoms with Gasteiger partial charge in [-0.1, -0.05) is 0 Å². The molecular weight excluding hydrogens is 116 g/mol. The van der Waals surface area contributed by atoms with Gasteiger partial charge in [0.05, 0.1) is 0 Å². The van der Waals surface area contributed by atoms with Gasteiger partial charge in [-0.25, -0.2) is 4.99 Å². The van der Waals surface area contributed by atoms with Crippen molar-refractivity contribution in [1.82, 2.24) is 0 Å². The summed E-state index contributed by atoms with van der Waals surface area (Å²) in [5, 5.41) is 0. The van der Waals surface area contributed by atoms with E-state index in [2.05, 4.69) is 4.99 Å². The Morgan fingerprint density at radius 1 is 1.78 bits per heavy atom. The van der Waals surface area contributed by atoms with E-state index in [1.165, 1.54) is 0 Å². The van der Waals surface area contributed by atoms with Crippen LogP contribution in [0.3, 0.4) is 0 Å². The molecule has 0 atom stereocenters. The minimum Gasteiger partial charge on any atom is -0.383 e. The molecule has 0 aromatic carbocycles. The maximum Gasteiger partial charge on any atom is 0.149 e. The molecule has 2 N–H and O–H groups in total. The minimum atomic E-state index is 0.372. The summed E-state index contributed by atoms with van der Waals surface area (Å²) < 4.78 is 0. The summed E-state index contributed by atoms with van der Waals surface area (Å²) in [6.07, 6.45) is 4.06. The second-order valence-electron chi connectivity index (χ2n) is 1.88. The molecular formula is C6H8N2O. The summed E-state index contributed by atoms with van der Waals surface area (Å²) in [5.74, 6) is 0.372. The first-order valence-electron chi connectivity index (χ1n) is 2.81. The summed E-state index contributed by atoms with van der Waals surface area (Å²) in [6.45, 7) is 0. The van der Waals surface area contributed by atoms with Crippen LogP contribution >= 0.6 is 0 Å². The van der Waals surface area contributed by atoms with Crippen molar-refractivity contribution < 1.29 is 4.79 Å².